The zero-order valence-electron chi connectivity index (χ0n) is 14.3. The smallest absolute Gasteiger partial charge is 0.242 e. The number of benzene rings is 2. The van der Waals surface area contributed by atoms with Crippen molar-refractivity contribution in [3.63, 3.8) is 0 Å². The fourth-order valence-electron chi connectivity index (χ4n) is 3.30. The zero-order valence-corrected chi connectivity index (χ0v) is 14.3. The van der Waals surface area contributed by atoms with Gasteiger partial charge in [-0.1, -0.05) is 24.3 Å². The number of hydrogen-bond acceptors (Lipinski definition) is 2. The summed E-state index contributed by atoms with van der Waals surface area (Å²) in [5.41, 5.74) is 1.62. The molecule has 0 spiro atoms. The van der Waals surface area contributed by atoms with Crippen molar-refractivity contribution < 1.29 is 4.79 Å². The molecule has 1 heterocycles. The van der Waals surface area contributed by atoms with Crippen molar-refractivity contribution in [1.29, 1.82) is 0 Å². The van der Waals surface area contributed by atoms with Crippen LogP contribution in [0.25, 0.3) is 21.8 Å². The topological polar surface area (TPSA) is 42.3 Å². The summed E-state index contributed by atoms with van der Waals surface area (Å²) >= 11 is 0. The van der Waals surface area contributed by atoms with Gasteiger partial charge in [0.15, 0.2) is 5.43 Å². The number of fused-ring (bicyclic) bond motifs is 2. The predicted molar refractivity (Wildman–Crippen MR) is 98.2 cm³/mol. The molecule has 0 atom stereocenters. The standard InChI is InChI=1S/C20H22N2O2/c1-4-21(14(2)3)19(23)13-22-17-11-7-5-9-15(17)20(24)16-10-6-8-12-18(16)22/h5-12,14H,4,13H2,1-3H3. The summed E-state index contributed by atoms with van der Waals surface area (Å²) in [6, 6.07) is 15.1. The van der Waals surface area contributed by atoms with Gasteiger partial charge in [-0.15, -0.1) is 0 Å². The number of carbonyl (C=O) groups is 1. The largest absolute Gasteiger partial charge is 0.339 e. The first-order chi connectivity index (χ1) is 11.5. The van der Waals surface area contributed by atoms with Crippen LogP contribution < -0.4 is 5.43 Å². The Labute approximate surface area is 141 Å². The number of likely N-dealkylation sites (N-methyl/N-ethyl adjacent to an activating group) is 1. The summed E-state index contributed by atoms with van der Waals surface area (Å²) in [7, 11) is 0. The predicted octanol–water partition coefficient (Wildman–Crippen LogP) is 3.41. The Kier molecular flexibility index (Phi) is 4.38. The van der Waals surface area contributed by atoms with Crippen LogP contribution >= 0.6 is 0 Å². The third-order valence-electron chi connectivity index (χ3n) is 4.46. The summed E-state index contributed by atoms with van der Waals surface area (Å²) in [6.07, 6.45) is 0. The molecule has 0 aliphatic heterocycles. The van der Waals surface area contributed by atoms with Crippen molar-refractivity contribution in [1.82, 2.24) is 9.47 Å². The number of rotatable bonds is 4. The first-order valence-electron chi connectivity index (χ1n) is 8.34. The third kappa shape index (κ3) is 2.68. The van der Waals surface area contributed by atoms with E-state index in [9.17, 15) is 9.59 Å². The molecule has 0 bridgehead atoms. The van der Waals surface area contributed by atoms with E-state index in [0.29, 0.717) is 17.3 Å². The summed E-state index contributed by atoms with van der Waals surface area (Å²) in [5.74, 6) is 0.0615. The molecule has 3 aromatic rings. The molecule has 3 rings (SSSR count). The maximum atomic E-state index is 12.8. The van der Waals surface area contributed by atoms with Gasteiger partial charge >= 0.3 is 0 Å². The van der Waals surface area contributed by atoms with Crippen LogP contribution in [0.15, 0.2) is 53.3 Å². The average molecular weight is 322 g/mol. The molecule has 4 heteroatoms. The minimum atomic E-state index is 0.0149. The van der Waals surface area contributed by atoms with Gasteiger partial charge in [0, 0.05) is 23.4 Å². The molecule has 0 N–H and O–H groups in total. The lowest BCUT2D eigenvalue weighted by Crippen LogP contribution is -2.39. The summed E-state index contributed by atoms with van der Waals surface area (Å²) in [6.45, 7) is 6.92. The van der Waals surface area contributed by atoms with E-state index in [1.54, 1.807) is 0 Å². The van der Waals surface area contributed by atoms with Gasteiger partial charge in [0.1, 0.15) is 6.54 Å². The molecular formula is C20H22N2O2. The van der Waals surface area contributed by atoms with Gasteiger partial charge < -0.3 is 9.47 Å². The van der Waals surface area contributed by atoms with E-state index < -0.39 is 0 Å². The molecule has 0 unspecified atom stereocenters. The maximum Gasteiger partial charge on any atom is 0.242 e. The van der Waals surface area contributed by atoms with E-state index >= 15 is 0 Å². The van der Waals surface area contributed by atoms with Crippen molar-refractivity contribution in [2.75, 3.05) is 6.54 Å². The van der Waals surface area contributed by atoms with Crippen LogP contribution in [-0.4, -0.2) is 28.0 Å². The monoisotopic (exact) mass is 322 g/mol. The van der Waals surface area contributed by atoms with Crippen molar-refractivity contribution in [3.05, 3.63) is 58.8 Å². The summed E-state index contributed by atoms with van der Waals surface area (Å²) in [4.78, 5) is 27.3. The highest BCUT2D eigenvalue weighted by Gasteiger charge is 2.18. The van der Waals surface area contributed by atoms with Gasteiger partial charge in [0.25, 0.3) is 0 Å². The molecule has 24 heavy (non-hydrogen) atoms. The maximum absolute atomic E-state index is 12.8. The Morgan fingerprint density at radius 1 is 1.00 bits per heavy atom. The first-order valence-corrected chi connectivity index (χ1v) is 8.34. The number of nitrogens with zero attached hydrogens (tertiary/aromatic N) is 2. The summed E-state index contributed by atoms with van der Waals surface area (Å²) in [5, 5.41) is 1.30. The van der Waals surface area contributed by atoms with Gasteiger partial charge in [0.2, 0.25) is 5.91 Å². The molecule has 124 valence electrons. The number of hydrogen-bond donors (Lipinski definition) is 0. The number of para-hydroxylation sites is 2. The Morgan fingerprint density at radius 2 is 1.50 bits per heavy atom. The SMILES string of the molecule is CCN(C(=O)Cn1c2ccccc2c(=O)c2ccccc21)C(C)C. The number of aromatic nitrogens is 1. The van der Waals surface area contributed by atoms with Crippen molar-refractivity contribution in [2.24, 2.45) is 0 Å². The van der Waals surface area contributed by atoms with Crippen LogP contribution in [0, 0.1) is 0 Å². The van der Waals surface area contributed by atoms with E-state index in [2.05, 4.69) is 0 Å². The number of amides is 1. The molecule has 0 aliphatic rings. The molecule has 0 fully saturated rings. The Bertz CT molecular complexity index is 897. The molecule has 2 aromatic carbocycles. The Morgan fingerprint density at radius 3 is 1.96 bits per heavy atom. The fraction of sp³-hybridized carbons (Fsp3) is 0.300. The molecule has 0 saturated carbocycles. The third-order valence-corrected chi connectivity index (χ3v) is 4.46. The van der Waals surface area contributed by atoms with Crippen LogP contribution in [0.5, 0.6) is 0 Å². The molecule has 0 aliphatic carbocycles. The van der Waals surface area contributed by atoms with E-state index in [4.69, 9.17) is 0 Å². The molecule has 1 amide bonds. The molecule has 0 saturated heterocycles. The zero-order chi connectivity index (χ0) is 17.3. The second-order valence-corrected chi connectivity index (χ2v) is 6.22. The highest BCUT2D eigenvalue weighted by molar-refractivity contribution is 5.94. The fourth-order valence-corrected chi connectivity index (χ4v) is 3.30. The minimum absolute atomic E-state index is 0.0149. The first kappa shape index (κ1) is 16.2. The number of pyridine rings is 1. The van der Waals surface area contributed by atoms with E-state index in [0.717, 1.165) is 11.0 Å². The van der Waals surface area contributed by atoms with E-state index in [1.807, 2.05) is 78.8 Å². The van der Waals surface area contributed by atoms with Crippen LogP contribution in [0.1, 0.15) is 20.8 Å². The van der Waals surface area contributed by atoms with E-state index in [1.165, 1.54) is 0 Å². The molecule has 0 radical (unpaired) electrons. The minimum Gasteiger partial charge on any atom is -0.339 e. The quantitative estimate of drug-likeness (QED) is 0.691. The van der Waals surface area contributed by atoms with E-state index in [-0.39, 0.29) is 23.9 Å². The second-order valence-electron chi connectivity index (χ2n) is 6.22. The van der Waals surface area contributed by atoms with Crippen LogP contribution in [-0.2, 0) is 11.3 Å². The highest BCUT2D eigenvalue weighted by atomic mass is 16.2. The Balaban J connectivity index is 2.24. The normalized spacial score (nSPS) is 11.3. The lowest BCUT2D eigenvalue weighted by atomic mass is 10.1. The second kappa shape index (κ2) is 6.48. The lowest BCUT2D eigenvalue weighted by Gasteiger charge is -2.26. The van der Waals surface area contributed by atoms with Crippen LogP contribution in [0.2, 0.25) is 0 Å². The highest BCUT2D eigenvalue weighted by Crippen LogP contribution is 2.19. The number of carbonyl (C=O) groups excluding carboxylic acids is 1. The molecule has 4 nitrogen and oxygen atoms in total. The van der Waals surface area contributed by atoms with Gasteiger partial charge in [0.05, 0.1) is 11.0 Å². The lowest BCUT2D eigenvalue weighted by molar-refractivity contribution is -0.133. The Hall–Kier alpha value is -2.62. The van der Waals surface area contributed by atoms with Gasteiger partial charge in [-0.2, -0.15) is 0 Å². The molecule has 1 aromatic heterocycles. The average Bonchev–Trinajstić information content (AvgIpc) is 2.59. The van der Waals surface area contributed by atoms with Gasteiger partial charge in [-0.3, -0.25) is 9.59 Å². The van der Waals surface area contributed by atoms with Crippen molar-refractivity contribution in [2.45, 2.75) is 33.4 Å². The van der Waals surface area contributed by atoms with Gasteiger partial charge in [-0.05, 0) is 45.0 Å². The summed E-state index contributed by atoms with van der Waals surface area (Å²) < 4.78 is 1.96. The van der Waals surface area contributed by atoms with Crippen LogP contribution in [0.3, 0.4) is 0 Å². The van der Waals surface area contributed by atoms with Crippen molar-refractivity contribution >= 4 is 27.7 Å². The van der Waals surface area contributed by atoms with Crippen LogP contribution in [0.4, 0.5) is 0 Å². The molecular weight excluding hydrogens is 300 g/mol. The van der Waals surface area contributed by atoms with Crippen molar-refractivity contribution in [3.8, 4) is 0 Å². The van der Waals surface area contributed by atoms with Gasteiger partial charge in [-0.25, -0.2) is 0 Å².